The Hall–Kier alpha value is -16.3. The van der Waals surface area contributed by atoms with E-state index in [1.165, 1.54) is 64.5 Å². The molecule has 1 amide bonds. The average molecular weight is 1820 g/mol. The van der Waals surface area contributed by atoms with Gasteiger partial charge in [-0.15, -0.1) is 22.7 Å². The van der Waals surface area contributed by atoms with Crippen LogP contribution in [-0.2, 0) is 0 Å². The number of nitrogens with zero attached hydrogens (tertiary/aromatic N) is 11. The molecule has 10 aromatic carbocycles. The van der Waals surface area contributed by atoms with E-state index in [0.717, 1.165) is 128 Å². The predicted molar refractivity (Wildman–Crippen MR) is 545 cm³/mol. The third-order valence-corrected chi connectivity index (χ3v) is 22.2. The van der Waals surface area contributed by atoms with Crippen LogP contribution in [0.2, 0.25) is 0 Å². The minimum absolute atomic E-state index is 0.0545. The summed E-state index contributed by atoms with van der Waals surface area (Å²) in [5, 5.41) is 19.6. The van der Waals surface area contributed by atoms with Gasteiger partial charge in [0, 0.05) is 104 Å². The number of Topliss-reactive ketones (excluding diaryl/α,β-unsaturated/α-hetero) is 1. The second kappa shape index (κ2) is 47.5. The first-order valence-electron chi connectivity index (χ1n) is 43.7. The molecule has 0 unspecified atom stereocenters. The summed E-state index contributed by atoms with van der Waals surface area (Å²) < 4.78 is 39.5. The quantitative estimate of drug-likeness (QED) is 0.161. The Bertz CT molecular complexity index is 7310. The molecule has 0 atom stereocenters. The van der Waals surface area contributed by atoms with Crippen molar-refractivity contribution < 1.29 is 41.8 Å². The Morgan fingerprint density at radius 1 is 0.348 bits per heavy atom. The predicted octanol–water partition coefficient (Wildman–Crippen LogP) is 27.4. The number of fused-ring (bicyclic) bond motifs is 12. The van der Waals surface area contributed by atoms with E-state index in [9.17, 15) is 9.59 Å². The minimum Gasteiger partial charge on any atom is -0.486 e. The SMILES string of the molecule is CCC(=O)c1cc2cc(C)ccc2o1.Cc1cc2ccccc2cn1.Cc1ccc2c(c1)OCCO2.Cc1ccc2c(c1)OCO2.Cc1ccc2cccnc2n1.Cc1ccc2ncccc2n1.Cc1ccc2nccnc2c1.Cc1ccc2ncsc2c1.Cc1ccc2oc(C#N)cc2c1.Cc1ccc2oc(C(N)=O)cc2c1.Cc1ccc2sccc2c1.Cc1ncc2ccccc2n1. The fraction of sp³-hybridized carbons (Fsp3) is 0.152. The standard InChI is InChI=1S/C12H12O2.C10H9NO2.C10H7NO.C10H9N.4C9H8N2.C9H10O2.C9H8S.C8H7NS.C8H8O2/c1-3-10(13)12-7-9-6-8(2)4-5-11(9)14-12;1-6-2-3-8-7(4-6)5-9(13-8)10(11)12;1-7-2-3-10-8(4-7)5-9(6-11)12-10;1-8-6-9-4-2-3-5-10(9)7-11-8;1-7-2-3-8-9(6-7)11-5-4-10-8;1-7-4-5-8-9(11-7)3-2-6-10-8;1-7-4-5-8-3-2-6-10-9(8)11-7;1-7-10-6-8-4-2-3-5-9(8)11-7;1-7-2-3-8-9(6-7)11-5-4-10-8;1-7-2-3-9-8(6-7)4-5-10-9;2*1-6-2-3-7-8(4-6)10-5-9-7/h4-7H,3H2,1-2H3;2-5H,1H3,(H2,11,12);2-5H,1H3;2-7H,1H3;4*2-6H,1H3;2-3,6H,4-5H2,1H3;2-6H,1H3;2-5H,1H3;2-4H,5H2,1H3. The second-order valence-electron chi connectivity index (χ2n) is 31.7. The first kappa shape index (κ1) is 96.3. The van der Waals surface area contributed by atoms with Gasteiger partial charge in [0.05, 0.1) is 43.3 Å². The average Bonchev–Trinajstić information content (AvgIpc) is 1.69. The van der Waals surface area contributed by atoms with Crippen LogP contribution in [0.25, 0.3) is 108 Å². The molecular formula is C112H102N12O9S2. The van der Waals surface area contributed by atoms with Gasteiger partial charge in [-0.25, -0.2) is 24.9 Å². The fourth-order valence-corrected chi connectivity index (χ4v) is 15.2. The highest BCUT2D eigenvalue weighted by atomic mass is 32.1. The van der Waals surface area contributed by atoms with Gasteiger partial charge in [-0.3, -0.25) is 34.5 Å². The van der Waals surface area contributed by atoms with Gasteiger partial charge in [-0.2, -0.15) is 5.26 Å². The molecule has 0 spiro atoms. The number of aromatic nitrogens is 10. The molecule has 0 radical (unpaired) electrons. The summed E-state index contributed by atoms with van der Waals surface area (Å²) in [6, 6.07) is 91.6. The zero-order valence-corrected chi connectivity index (χ0v) is 79.0. The first-order chi connectivity index (χ1) is 65.4. The molecule has 0 saturated carbocycles. The molecule has 14 heterocycles. The number of hydrogen-bond acceptors (Lipinski definition) is 22. The van der Waals surface area contributed by atoms with Crippen LogP contribution in [0.1, 0.15) is 108 Å². The van der Waals surface area contributed by atoms with Crippen molar-refractivity contribution in [3.8, 4) is 29.1 Å². The van der Waals surface area contributed by atoms with E-state index in [2.05, 4.69) is 130 Å². The third-order valence-electron chi connectivity index (χ3n) is 20.5. The molecule has 2 aliphatic heterocycles. The Morgan fingerprint density at radius 2 is 0.852 bits per heavy atom. The van der Waals surface area contributed by atoms with Gasteiger partial charge >= 0.3 is 0 Å². The van der Waals surface area contributed by atoms with Crippen molar-refractivity contribution in [3.63, 3.8) is 0 Å². The van der Waals surface area contributed by atoms with Crippen LogP contribution in [0.15, 0.2) is 334 Å². The summed E-state index contributed by atoms with van der Waals surface area (Å²) in [5.41, 5.74) is 28.9. The van der Waals surface area contributed by atoms with Crippen LogP contribution >= 0.6 is 22.7 Å². The molecule has 0 saturated heterocycles. The summed E-state index contributed by atoms with van der Waals surface area (Å²) >= 11 is 3.49. The zero-order valence-electron chi connectivity index (χ0n) is 77.4. The Morgan fingerprint density at radius 3 is 1.56 bits per heavy atom. The summed E-state index contributed by atoms with van der Waals surface area (Å²) in [7, 11) is 0. The molecule has 0 bridgehead atoms. The monoisotopic (exact) mass is 1820 g/mol. The number of benzene rings is 10. The normalized spacial score (nSPS) is 11.0. The molecule has 23 heteroatoms. The molecule has 2 aliphatic rings. The topological polar surface area (TPSA) is 289 Å². The maximum Gasteiger partial charge on any atom is 0.284 e. The number of furan rings is 3. The highest BCUT2D eigenvalue weighted by molar-refractivity contribution is 7.17. The van der Waals surface area contributed by atoms with Gasteiger partial charge in [0.15, 0.2) is 45.9 Å². The Kier molecular flexibility index (Phi) is 33.9. The number of ketones is 1. The number of hydrogen-bond donors (Lipinski definition) is 1. The molecule has 676 valence electrons. The lowest BCUT2D eigenvalue weighted by Crippen LogP contribution is -2.15. The van der Waals surface area contributed by atoms with E-state index in [1.807, 2.05) is 300 Å². The third kappa shape index (κ3) is 28.4. The van der Waals surface area contributed by atoms with Gasteiger partial charge in [0.2, 0.25) is 12.6 Å². The van der Waals surface area contributed by atoms with Gasteiger partial charge < -0.3 is 37.9 Å². The lowest BCUT2D eigenvalue weighted by Gasteiger charge is -2.18. The van der Waals surface area contributed by atoms with Gasteiger partial charge in [-0.05, 0) is 291 Å². The molecule has 21 nitrogen and oxygen atoms in total. The number of nitrogens with two attached hydrogens (primary N) is 1. The number of carbonyl (C=O) groups excluding carboxylic acids is 2. The van der Waals surface area contributed by atoms with Crippen LogP contribution in [0, 0.1) is 94.4 Å². The van der Waals surface area contributed by atoms with E-state index in [1.54, 1.807) is 59.6 Å². The number of pyridine rings is 5. The van der Waals surface area contributed by atoms with Crippen LogP contribution in [-0.4, -0.2) is 81.5 Å². The number of primary amides is 1. The zero-order chi connectivity index (χ0) is 95.1. The lowest BCUT2D eigenvalue weighted by atomic mass is 10.1. The first-order valence-corrected chi connectivity index (χ1v) is 45.4. The number of aryl methyl sites for hydroxylation is 12. The molecule has 0 aliphatic carbocycles. The van der Waals surface area contributed by atoms with Crippen molar-refractivity contribution in [2.45, 2.75) is 96.4 Å². The van der Waals surface area contributed by atoms with Crippen LogP contribution in [0.5, 0.6) is 23.0 Å². The minimum atomic E-state index is -0.533. The molecular weight excluding hydrogens is 1720 g/mol. The van der Waals surface area contributed by atoms with E-state index >= 15 is 0 Å². The number of amides is 1. The highest BCUT2D eigenvalue weighted by Gasteiger charge is 2.15. The Balaban J connectivity index is 0.000000125. The highest BCUT2D eigenvalue weighted by Crippen LogP contribution is 2.34. The van der Waals surface area contributed by atoms with E-state index in [0.29, 0.717) is 43.5 Å². The number of ether oxygens (including phenoxy) is 4. The van der Waals surface area contributed by atoms with Crippen molar-refractivity contribution in [3.05, 3.63) is 406 Å². The number of carbonyl (C=O) groups is 2. The lowest BCUT2D eigenvalue weighted by molar-refractivity contribution is 0.0960. The second-order valence-corrected chi connectivity index (χ2v) is 33.5. The van der Waals surface area contributed by atoms with Crippen LogP contribution in [0.4, 0.5) is 0 Å². The maximum absolute atomic E-state index is 11.4. The summed E-state index contributed by atoms with van der Waals surface area (Å²) in [4.78, 5) is 64.1. The molecule has 22 aromatic rings. The Labute approximate surface area is 791 Å². The van der Waals surface area contributed by atoms with E-state index in [4.69, 9.17) is 43.2 Å². The number of thiazole rings is 1. The van der Waals surface area contributed by atoms with Crippen LogP contribution in [0.3, 0.4) is 0 Å². The number of thiophene rings is 1. The molecule has 2 N–H and O–H groups in total. The van der Waals surface area contributed by atoms with Crippen molar-refractivity contribution in [1.29, 1.82) is 5.26 Å². The molecule has 24 rings (SSSR count). The van der Waals surface area contributed by atoms with Gasteiger partial charge in [0.1, 0.15) is 41.9 Å². The fourth-order valence-electron chi connectivity index (χ4n) is 13.6. The number of rotatable bonds is 3. The summed E-state index contributed by atoms with van der Waals surface area (Å²) in [5.74, 6) is 4.84. The number of nitriles is 1. The largest absolute Gasteiger partial charge is 0.486 e. The molecule has 135 heavy (non-hydrogen) atoms. The summed E-state index contributed by atoms with van der Waals surface area (Å²) in [6.45, 7) is 27.7. The maximum atomic E-state index is 11.4. The van der Waals surface area contributed by atoms with Crippen molar-refractivity contribution in [2.75, 3.05) is 20.0 Å². The van der Waals surface area contributed by atoms with E-state index in [-0.39, 0.29) is 11.5 Å². The van der Waals surface area contributed by atoms with Crippen molar-refractivity contribution in [2.24, 2.45) is 5.73 Å². The van der Waals surface area contributed by atoms with Gasteiger partial charge in [-0.1, -0.05) is 126 Å². The van der Waals surface area contributed by atoms with Crippen molar-refractivity contribution >= 4 is 142 Å². The van der Waals surface area contributed by atoms with Crippen LogP contribution < -0.4 is 24.7 Å². The van der Waals surface area contributed by atoms with Crippen molar-refractivity contribution in [1.82, 2.24) is 49.8 Å². The molecule has 12 aromatic heterocycles. The number of para-hydroxylation sites is 1. The van der Waals surface area contributed by atoms with Gasteiger partial charge in [0.25, 0.3) is 5.91 Å². The summed E-state index contributed by atoms with van der Waals surface area (Å²) in [6.07, 6.45) is 11.2. The van der Waals surface area contributed by atoms with E-state index < -0.39 is 5.91 Å². The smallest absolute Gasteiger partial charge is 0.284 e. The molecule has 0 fully saturated rings.